The average molecular weight is 234 g/mol. The molecule has 1 rings (SSSR count). The summed E-state index contributed by atoms with van der Waals surface area (Å²) < 4.78 is 13.1. The minimum absolute atomic E-state index is 0.311. The number of carbonyl (C=O) groups excluding carboxylic acids is 1. The van der Waals surface area contributed by atoms with Crippen molar-refractivity contribution in [1.29, 1.82) is 5.26 Å². The van der Waals surface area contributed by atoms with Gasteiger partial charge in [-0.15, -0.1) is 0 Å². The second-order valence-electron chi connectivity index (χ2n) is 4.53. The van der Waals surface area contributed by atoms with Gasteiger partial charge in [-0.05, 0) is 44.5 Å². The molecule has 0 heterocycles. The van der Waals surface area contributed by atoms with Crippen molar-refractivity contribution in [3.05, 3.63) is 29.6 Å². The lowest BCUT2D eigenvalue weighted by molar-refractivity contribution is -0.123. The summed E-state index contributed by atoms with van der Waals surface area (Å²) in [7, 11) is 1.58. The van der Waals surface area contributed by atoms with E-state index in [9.17, 15) is 9.18 Å². The number of hydrogen-bond acceptors (Lipinski definition) is 2. The second-order valence-corrected chi connectivity index (χ2v) is 4.53. The van der Waals surface area contributed by atoms with Gasteiger partial charge in [-0.1, -0.05) is 0 Å². The zero-order valence-corrected chi connectivity index (χ0v) is 10.4. The van der Waals surface area contributed by atoms with Crippen LogP contribution in [0, 0.1) is 29.5 Å². The summed E-state index contributed by atoms with van der Waals surface area (Å²) in [6.07, 6.45) is 0. The summed E-state index contributed by atoms with van der Waals surface area (Å²) in [6, 6.07) is 6.37. The summed E-state index contributed by atoms with van der Waals surface area (Å²) in [5.41, 5.74) is -0.0361. The van der Waals surface area contributed by atoms with E-state index in [2.05, 4.69) is 0 Å². The molecular weight excluding hydrogens is 219 g/mol. The number of anilines is 1. The number of nitriles is 1. The predicted octanol–water partition coefficient (Wildman–Crippen LogP) is 2.65. The summed E-state index contributed by atoms with van der Waals surface area (Å²) in [4.78, 5) is 13.4. The molecule has 0 aromatic heterocycles. The molecule has 1 aromatic carbocycles. The van der Waals surface area contributed by atoms with E-state index in [1.807, 2.05) is 6.07 Å². The smallest absolute Gasteiger partial charge is 0.246 e. The largest absolute Gasteiger partial charge is 0.314 e. The Morgan fingerprint density at radius 1 is 1.47 bits per heavy atom. The van der Waals surface area contributed by atoms with Gasteiger partial charge in [0, 0.05) is 12.7 Å². The fourth-order valence-corrected chi connectivity index (χ4v) is 1.42. The minimum atomic E-state index is -1.09. The van der Waals surface area contributed by atoms with Gasteiger partial charge in [-0.2, -0.15) is 5.26 Å². The van der Waals surface area contributed by atoms with Crippen LogP contribution in [-0.4, -0.2) is 13.0 Å². The molecular formula is C13H15FN2O. The normalized spacial score (nSPS) is 10.8. The molecule has 1 aromatic rings. The van der Waals surface area contributed by atoms with Crippen LogP contribution in [0.4, 0.5) is 10.1 Å². The van der Waals surface area contributed by atoms with E-state index in [0.717, 1.165) is 0 Å². The third kappa shape index (κ3) is 2.62. The highest BCUT2D eigenvalue weighted by atomic mass is 19.1. The number of amides is 1. The number of benzene rings is 1. The van der Waals surface area contributed by atoms with E-state index < -0.39 is 5.41 Å². The van der Waals surface area contributed by atoms with Crippen molar-refractivity contribution < 1.29 is 9.18 Å². The van der Waals surface area contributed by atoms with Crippen molar-refractivity contribution in [3.63, 3.8) is 0 Å². The molecule has 4 heteroatoms. The number of halogens is 1. The van der Waals surface area contributed by atoms with Crippen LogP contribution in [0.15, 0.2) is 18.2 Å². The van der Waals surface area contributed by atoms with Gasteiger partial charge in [0.15, 0.2) is 0 Å². The first kappa shape index (κ1) is 13.2. The molecule has 0 radical (unpaired) electrons. The molecule has 17 heavy (non-hydrogen) atoms. The Morgan fingerprint density at radius 2 is 2.06 bits per heavy atom. The van der Waals surface area contributed by atoms with E-state index in [-0.39, 0.29) is 11.7 Å². The van der Waals surface area contributed by atoms with E-state index in [0.29, 0.717) is 11.3 Å². The number of nitrogens with zero attached hydrogens (tertiary/aromatic N) is 2. The number of hydrogen-bond donors (Lipinski definition) is 0. The molecule has 3 nitrogen and oxygen atoms in total. The maximum atomic E-state index is 13.1. The fraction of sp³-hybridized carbons (Fsp3) is 0.385. The van der Waals surface area contributed by atoms with Crippen LogP contribution < -0.4 is 4.90 Å². The molecule has 0 aliphatic carbocycles. The van der Waals surface area contributed by atoms with Gasteiger partial charge in [0.2, 0.25) is 5.91 Å². The van der Waals surface area contributed by atoms with Gasteiger partial charge in [0.1, 0.15) is 11.2 Å². The highest BCUT2D eigenvalue weighted by molar-refractivity contribution is 5.98. The van der Waals surface area contributed by atoms with Gasteiger partial charge in [0.25, 0.3) is 0 Å². The maximum Gasteiger partial charge on any atom is 0.246 e. The average Bonchev–Trinajstić information content (AvgIpc) is 2.30. The molecule has 0 saturated carbocycles. The fourth-order valence-electron chi connectivity index (χ4n) is 1.42. The Morgan fingerprint density at radius 3 is 2.53 bits per heavy atom. The molecule has 0 atom stereocenters. The van der Waals surface area contributed by atoms with E-state index in [4.69, 9.17) is 5.26 Å². The monoisotopic (exact) mass is 234 g/mol. The Hall–Kier alpha value is -1.89. The van der Waals surface area contributed by atoms with Crippen molar-refractivity contribution >= 4 is 11.6 Å². The van der Waals surface area contributed by atoms with Crippen LogP contribution in [-0.2, 0) is 4.79 Å². The summed E-state index contributed by atoms with van der Waals surface area (Å²) in [5, 5.41) is 8.90. The van der Waals surface area contributed by atoms with Crippen LogP contribution in [0.25, 0.3) is 0 Å². The van der Waals surface area contributed by atoms with Gasteiger partial charge in [0.05, 0.1) is 6.07 Å². The Labute approximate surface area is 100 Å². The van der Waals surface area contributed by atoms with E-state index >= 15 is 0 Å². The standard InChI is InChI=1S/C13H15FN2O/c1-9-7-10(5-6-11(9)14)16(4)12(17)13(2,3)8-15/h5-7H,1-4H3. The van der Waals surface area contributed by atoms with E-state index in [1.54, 1.807) is 33.9 Å². The molecule has 1 amide bonds. The third-order valence-electron chi connectivity index (χ3n) is 2.65. The second kappa shape index (κ2) is 4.54. The lowest BCUT2D eigenvalue weighted by atomic mass is 9.94. The van der Waals surface area contributed by atoms with Crippen LogP contribution in [0.5, 0.6) is 0 Å². The Balaban J connectivity index is 3.06. The maximum absolute atomic E-state index is 13.1. The summed E-state index contributed by atoms with van der Waals surface area (Å²) in [6.45, 7) is 4.75. The number of aryl methyl sites for hydroxylation is 1. The number of carbonyl (C=O) groups is 1. The first-order chi connectivity index (χ1) is 7.79. The van der Waals surface area contributed by atoms with Gasteiger partial charge in [-0.3, -0.25) is 4.79 Å². The third-order valence-corrected chi connectivity index (χ3v) is 2.65. The number of rotatable bonds is 2. The van der Waals surface area contributed by atoms with Gasteiger partial charge < -0.3 is 4.90 Å². The van der Waals surface area contributed by atoms with Crippen LogP contribution in [0.2, 0.25) is 0 Å². The molecule has 0 aliphatic rings. The zero-order chi connectivity index (χ0) is 13.2. The van der Waals surface area contributed by atoms with Gasteiger partial charge >= 0.3 is 0 Å². The van der Waals surface area contributed by atoms with Crippen molar-refractivity contribution in [2.75, 3.05) is 11.9 Å². The van der Waals surface area contributed by atoms with E-state index in [1.165, 1.54) is 17.0 Å². The topological polar surface area (TPSA) is 44.1 Å². The van der Waals surface area contributed by atoms with Crippen LogP contribution in [0.1, 0.15) is 19.4 Å². The highest BCUT2D eigenvalue weighted by Crippen LogP contribution is 2.23. The highest BCUT2D eigenvalue weighted by Gasteiger charge is 2.31. The minimum Gasteiger partial charge on any atom is -0.314 e. The Kier molecular flexibility index (Phi) is 3.52. The zero-order valence-electron chi connectivity index (χ0n) is 10.4. The lowest BCUT2D eigenvalue weighted by Gasteiger charge is -2.24. The molecule has 90 valence electrons. The molecule has 0 saturated heterocycles. The lowest BCUT2D eigenvalue weighted by Crippen LogP contribution is -2.37. The quantitative estimate of drug-likeness (QED) is 0.789. The molecule has 0 fully saturated rings. The molecule has 0 bridgehead atoms. The molecule has 0 spiro atoms. The van der Waals surface area contributed by atoms with Gasteiger partial charge in [-0.25, -0.2) is 4.39 Å². The predicted molar refractivity (Wildman–Crippen MR) is 63.9 cm³/mol. The summed E-state index contributed by atoms with van der Waals surface area (Å²) in [5.74, 6) is -0.625. The first-order valence-electron chi connectivity index (χ1n) is 5.25. The van der Waals surface area contributed by atoms with Crippen molar-refractivity contribution in [2.45, 2.75) is 20.8 Å². The van der Waals surface area contributed by atoms with Crippen molar-refractivity contribution in [3.8, 4) is 6.07 Å². The molecule has 0 aliphatic heterocycles. The molecule has 0 N–H and O–H groups in total. The summed E-state index contributed by atoms with van der Waals surface area (Å²) >= 11 is 0. The first-order valence-corrected chi connectivity index (χ1v) is 5.25. The van der Waals surface area contributed by atoms with Crippen LogP contribution in [0.3, 0.4) is 0 Å². The van der Waals surface area contributed by atoms with Crippen molar-refractivity contribution in [1.82, 2.24) is 0 Å². The van der Waals surface area contributed by atoms with Crippen LogP contribution >= 0.6 is 0 Å². The van der Waals surface area contributed by atoms with Crippen molar-refractivity contribution in [2.24, 2.45) is 5.41 Å². The Bertz CT molecular complexity index is 489. The SMILES string of the molecule is Cc1cc(N(C)C(=O)C(C)(C)C#N)ccc1F. The molecule has 0 unspecified atom stereocenters.